The summed E-state index contributed by atoms with van der Waals surface area (Å²) in [4.78, 5) is 0. The van der Waals surface area contributed by atoms with E-state index in [1.165, 1.54) is 0 Å². The first-order valence-corrected chi connectivity index (χ1v) is 7.37. The molecule has 1 unspecified atom stereocenters. The topological polar surface area (TPSA) is 47.9 Å². The zero-order valence-corrected chi connectivity index (χ0v) is 12.1. The second kappa shape index (κ2) is 9.08. The maximum atomic E-state index is 8.68. The molecule has 21 heavy (non-hydrogen) atoms. The largest absolute Gasteiger partial charge is 0.494 e. The van der Waals surface area contributed by atoms with Gasteiger partial charge in [-0.05, 0) is 55.7 Å². The Kier molecular flexibility index (Phi) is 6.68. The quantitative estimate of drug-likeness (QED) is 0.708. The molecule has 1 atom stereocenters. The number of benzene rings is 1. The molecule has 114 valence electrons. The molecule has 0 bridgehead atoms. The van der Waals surface area contributed by atoms with E-state index in [0.717, 1.165) is 37.2 Å². The molecular weight excluding hydrogens is 268 g/mol. The minimum atomic E-state index is -0.367. The molecule has 0 spiro atoms. The van der Waals surface area contributed by atoms with E-state index in [0.29, 0.717) is 6.61 Å². The lowest BCUT2D eigenvalue weighted by Crippen LogP contribution is -2.16. The zero-order valence-electron chi connectivity index (χ0n) is 12.1. The van der Waals surface area contributed by atoms with Crippen molar-refractivity contribution >= 4 is 0 Å². The summed E-state index contributed by atoms with van der Waals surface area (Å²) in [6, 6.07) is 7.53. The summed E-state index contributed by atoms with van der Waals surface area (Å²) in [5.74, 6) is 1.58. The standard InChI is InChI=1S/C17H22O4/c18-12-4-1-2-5-13-19-15-8-10-16(11-9-15)21-17-7-3-6-14-20-17/h3,6-11,14,17-18H,1-2,4-5,12-13H2. The maximum absolute atomic E-state index is 8.68. The SMILES string of the molecule is OCCCCCCOc1ccc(OC2C=CC=CO2)cc1. The van der Waals surface area contributed by atoms with Crippen LogP contribution in [0.3, 0.4) is 0 Å². The summed E-state index contributed by atoms with van der Waals surface area (Å²) >= 11 is 0. The molecule has 0 aromatic heterocycles. The molecule has 0 radical (unpaired) electrons. The van der Waals surface area contributed by atoms with E-state index in [9.17, 15) is 0 Å². The molecule has 0 saturated heterocycles. The van der Waals surface area contributed by atoms with E-state index in [1.807, 2.05) is 42.5 Å². The normalized spacial score (nSPS) is 16.5. The van der Waals surface area contributed by atoms with Gasteiger partial charge in [-0.1, -0.05) is 12.5 Å². The average molecular weight is 290 g/mol. The number of aliphatic hydroxyl groups excluding tert-OH is 1. The van der Waals surface area contributed by atoms with Crippen molar-refractivity contribution in [2.75, 3.05) is 13.2 Å². The molecule has 1 heterocycles. The van der Waals surface area contributed by atoms with E-state index in [-0.39, 0.29) is 12.9 Å². The Labute approximate surface area is 125 Å². The fraction of sp³-hybridized carbons (Fsp3) is 0.412. The number of aliphatic hydroxyl groups is 1. The summed E-state index contributed by atoms with van der Waals surface area (Å²) in [5.41, 5.74) is 0. The van der Waals surface area contributed by atoms with Crippen LogP contribution in [-0.2, 0) is 4.74 Å². The Hall–Kier alpha value is -1.94. The summed E-state index contributed by atoms with van der Waals surface area (Å²) in [5, 5.41) is 8.68. The lowest BCUT2D eigenvalue weighted by molar-refractivity contribution is 0.00782. The van der Waals surface area contributed by atoms with Gasteiger partial charge in [0, 0.05) is 6.61 Å². The van der Waals surface area contributed by atoms with Crippen molar-refractivity contribution in [1.82, 2.24) is 0 Å². The number of allylic oxidation sites excluding steroid dienone is 2. The predicted molar refractivity (Wildman–Crippen MR) is 81.3 cm³/mol. The predicted octanol–water partition coefficient (Wildman–Crippen LogP) is 3.42. The van der Waals surface area contributed by atoms with Crippen molar-refractivity contribution in [2.45, 2.75) is 32.0 Å². The molecule has 0 amide bonds. The summed E-state index contributed by atoms with van der Waals surface area (Å²) in [6.45, 7) is 0.975. The number of hydrogen-bond acceptors (Lipinski definition) is 4. The van der Waals surface area contributed by atoms with Crippen molar-refractivity contribution in [3.05, 3.63) is 48.8 Å². The van der Waals surface area contributed by atoms with Crippen molar-refractivity contribution in [1.29, 1.82) is 0 Å². The molecule has 4 nitrogen and oxygen atoms in total. The molecule has 1 aliphatic heterocycles. The molecule has 0 aliphatic carbocycles. The van der Waals surface area contributed by atoms with Gasteiger partial charge in [-0.25, -0.2) is 0 Å². The van der Waals surface area contributed by atoms with E-state index in [4.69, 9.17) is 19.3 Å². The Balaban J connectivity index is 1.67. The van der Waals surface area contributed by atoms with Gasteiger partial charge in [-0.15, -0.1) is 0 Å². The fourth-order valence-electron chi connectivity index (χ4n) is 1.94. The van der Waals surface area contributed by atoms with Gasteiger partial charge in [0.2, 0.25) is 0 Å². The van der Waals surface area contributed by atoms with Gasteiger partial charge in [-0.2, -0.15) is 0 Å². The Morgan fingerprint density at radius 1 is 0.952 bits per heavy atom. The van der Waals surface area contributed by atoms with Crippen LogP contribution < -0.4 is 9.47 Å². The minimum absolute atomic E-state index is 0.276. The van der Waals surface area contributed by atoms with Gasteiger partial charge >= 0.3 is 0 Å². The van der Waals surface area contributed by atoms with Crippen LogP contribution in [0.25, 0.3) is 0 Å². The Morgan fingerprint density at radius 3 is 2.43 bits per heavy atom. The first-order valence-electron chi connectivity index (χ1n) is 7.37. The van der Waals surface area contributed by atoms with E-state index >= 15 is 0 Å². The molecule has 1 N–H and O–H groups in total. The van der Waals surface area contributed by atoms with Crippen LogP contribution >= 0.6 is 0 Å². The lowest BCUT2D eigenvalue weighted by atomic mass is 10.2. The van der Waals surface area contributed by atoms with E-state index in [1.54, 1.807) is 6.26 Å². The van der Waals surface area contributed by atoms with E-state index in [2.05, 4.69) is 0 Å². The van der Waals surface area contributed by atoms with Gasteiger partial charge in [-0.3, -0.25) is 0 Å². The number of ether oxygens (including phenoxy) is 3. The third kappa shape index (κ3) is 5.92. The summed E-state index contributed by atoms with van der Waals surface area (Å²) in [6.07, 6.45) is 10.8. The highest BCUT2D eigenvalue weighted by atomic mass is 16.7. The number of hydrogen-bond donors (Lipinski definition) is 1. The first kappa shape index (κ1) is 15.4. The highest BCUT2D eigenvalue weighted by Crippen LogP contribution is 2.20. The van der Waals surface area contributed by atoms with Crippen molar-refractivity contribution < 1.29 is 19.3 Å². The van der Waals surface area contributed by atoms with Crippen molar-refractivity contribution in [2.24, 2.45) is 0 Å². The van der Waals surface area contributed by atoms with Gasteiger partial charge in [0.15, 0.2) is 0 Å². The fourth-order valence-corrected chi connectivity index (χ4v) is 1.94. The molecule has 2 rings (SSSR count). The maximum Gasteiger partial charge on any atom is 0.260 e. The monoisotopic (exact) mass is 290 g/mol. The van der Waals surface area contributed by atoms with Crippen LogP contribution in [0.1, 0.15) is 25.7 Å². The third-order valence-corrected chi connectivity index (χ3v) is 3.07. The van der Waals surface area contributed by atoms with Crippen molar-refractivity contribution in [3.63, 3.8) is 0 Å². The summed E-state index contributed by atoms with van der Waals surface area (Å²) < 4.78 is 16.6. The first-order chi connectivity index (χ1) is 10.4. The van der Waals surface area contributed by atoms with Crippen molar-refractivity contribution in [3.8, 4) is 11.5 Å². The van der Waals surface area contributed by atoms with Gasteiger partial charge in [0.25, 0.3) is 6.29 Å². The van der Waals surface area contributed by atoms with Crippen LogP contribution in [0.2, 0.25) is 0 Å². The second-order valence-electron chi connectivity index (χ2n) is 4.79. The number of unbranched alkanes of at least 4 members (excludes halogenated alkanes) is 3. The third-order valence-electron chi connectivity index (χ3n) is 3.07. The molecule has 1 aromatic rings. The highest BCUT2D eigenvalue weighted by Gasteiger charge is 2.07. The zero-order chi connectivity index (χ0) is 14.8. The molecule has 1 aliphatic rings. The van der Waals surface area contributed by atoms with Crippen LogP contribution in [0.4, 0.5) is 0 Å². The van der Waals surface area contributed by atoms with Gasteiger partial charge in [0.1, 0.15) is 11.5 Å². The van der Waals surface area contributed by atoms with E-state index < -0.39 is 0 Å². The second-order valence-corrected chi connectivity index (χ2v) is 4.79. The number of rotatable bonds is 9. The van der Waals surface area contributed by atoms with Gasteiger partial charge < -0.3 is 19.3 Å². The molecule has 0 saturated carbocycles. The molecular formula is C17H22O4. The Bertz CT molecular complexity index is 450. The highest BCUT2D eigenvalue weighted by molar-refractivity contribution is 5.31. The van der Waals surface area contributed by atoms with Crippen LogP contribution in [-0.4, -0.2) is 24.6 Å². The lowest BCUT2D eigenvalue weighted by Gasteiger charge is -2.17. The molecule has 4 heteroatoms. The van der Waals surface area contributed by atoms with Crippen LogP contribution in [0.5, 0.6) is 11.5 Å². The molecule has 0 fully saturated rings. The molecule has 1 aromatic carbocycles. The average Bonchev–Trinajstić information content (AvgIpc) is 2.53. The van der Waals surface area contributed by atoms with Crippen LogP contribution in [0, 0.1) is 0 Å². The summed E-state index contributed by atoms with van der Waals surface area (Å²) in [7, 11) is 0. The van der Waals surface area contributed by atoms with Crippen LogP contribution in [0.15, 0.2) is 48.8 Å². The Morgan fingerprint density at radius 2 is 1.71 bits per heavy atom. The van der Waals surface area contributed by atoms with Gasteiger partial charge in [0.05, 0.1) is 12.9 Å². The minimum Gasteiger partial charge on any atom is -0.494 e. The smallest absolute Gasteiger partial charge is 0.260 e.